The Morgan fingerprint density at radius 3 is 3.12 bits per heavy atom. The minimum Gasteiger partial charge on any atom is -0.364 e. The Hall–Kier alpha value is -1.50. The number of aromatic nitrogens is 1. The number of carbonyl (C=O) groups excluding carboxylic acids is 1. The largest absolute Gasteiger partial charge is 0.364 e. The zero-order valence-electron chi connectivity index (χ0n) is 13.7. The Kier molecular flexibility index (Phi) is 4.78. The molecule has 2 atom stereocenters. The number of piperidine rings is 1. The lowest BCUT2D eigenvalue weighted by atomic mass is 9.99. The van der Waals surface area contributed by atoms with E-state index in [4.69, 9.17) is 4.74 Å². The summed E-state index contributed by atoms with van der Waals surface area (Å²) in [5.74, 6) is -0.00599. The average molecular weight is 345 g/mol. The van der Waals surface area contributed by atoms with Crippen molar-refractivity contribution in [2.24, 2.45) is 0 Å². The van der Waals surface area contributed by atoms with Crippen molar-refractivity contribution in [1.82, 2.24) is 15.2 Å². The van der Waals surface area contributed by atoms with E-state index in [0.29, 0.717) is 18.7 Å². The third kappa shape index (κ3) is 3.45. The first-order valence-electron chi connectivity index (χ1n) is 8.75. The average Bonchev–Trinajstić information content (AvgIpc) is 3.19. The van der Waals surface area contributed by atoms with Gasteiger partial charge in [-0.15, -0.1) is 11.3 Å². The summed E-state index contributed by atoms with van der Waals surface area (Å²) in [6, 6.07) is 8.87. The summed E-state index contributed by atoms with van der Waals surface area (Å²) in [6.45, 7) is 2.81. The summed E-state index contributed by atoms with van der Waals surface area (Å²) in [5, 5.41) is 4.09. The molecule has 1 amide bonds. The summed E-state index contributed by atoms with van der Waals surface area (Å²) in [5.41, 5.74) is 0.994. The number of thiazole rings is 1. The molecular weight excluding hydrogens is 322 g/mol. The van der Waals surface area contributed by atoms with Gasteiger partial charge in [0.25, 0.3) is 0 Å². The van der Waals surface area contributed by atoms with Crippen molar-refractivity contribution in [3.8, 4) is 0 Å². The smallest absolute Gasteiger partial charge is 0.246 e. The second kappa shape index (κ2) is 7.17. The first-order valence-corrected chi connectivity index (χ1v) is 9.57. The second-order valence-electron chi connectivity index (χ2n) is 6.63. The van der Waals surface area contributed by atoms with E-state index in [-0.39, 0.29) is 12.5 Å². The van der Waals surface area contributed by atoms with Crippen molar-refractivity contribution in [3.05, 3.63) is 29.3 Å². The van der Waals surface area contributed by atoms with Crippen molar-refractivity contribution in [2.45, 2.75) is 44.4 Å². The fourth-order valence-electron chi connectivity index (χ4n) is 3.88. The van der Waals surface area contributed by atoms with E-state index in [9.17, 15) is 4.79 Å². The molecule has 0 spiro atoms. The molecule has 1 aromatic carbocycles. The number of nitrogens with zero attached hydrogens (tertiary/aromatic N) is 2. The first-order chi connectivity index (χ1) is 11.8. The molecule has 128 valence electrons. The van der Waals surface area contributed by atoms with Crippen LogP contribution in [0.3, 0.4) is 0 Å². The highest BCUT2D eigenvalue weighted by molar-refractivity contribution is 7.18. The fraction of sp³-hybridized carbons (Fsp3) is 0.556. The van der Waals surface area contributed by atoms with Gasteiger partial charge < -0.3 is 10.1 Å². The van der Waals surface area contributed by atoms with Crippen LogP contribution in [0.2, 0.25) is 0 Å². The van der Waals surface area contributed by atoms with E-state index in [2.05, 4.69) is 21.3 Å². The lowest BCUT2D eigenvalue weighted by Gasteiger charge is -2.32. The van der Waals surface area contributed by atoms with Crippen LogP contribution in [0.4, 0.5) is 0 Å². The molecule has 4 rings (SSSR count). The van der Waals surface area contributed by atoms with Crippen molar-refractivity contribution in [3.63, 3.8) is 0 Å². The van der Waals surface area contributed by atoms with Crippen LogP contribution in [-0.2, 0) is 16.1 Å². The molecule has 5 nitrogen and oxygen atoms in total. The maximum atomic E-state index is 12.2. The van der Waals surface area contributed by atoms with Crippen molar-refractivity contribution < 1.29 is 9.53 Å². The number of rotatable bonds is 5. The number of fused-ring (bicyclic) bond motifs is 2. The predicted octanol–water partition coefficient (Wildman–Crippen LogP) is 2.56. The van der Waals surface area contributed by atoms with Gasteiger partial charge in [0.15, 0.2) is 0 Å². The fourth-order valence-corrected chi connectivity index (χ4v) is 4.78. The van der Waals surface area contributed by atoms with Crippen LogP contribution >= 0.6 is 11.3 Å². The van der Waals surface area contributed by atoms with Crippen LogP contribution in [-0.4, -0.2) is 47.6 Å². The SMILES string of the molecule is O=C(COCc1nc2ccccc2s1)N[C@H]1CCN2CCCC[C@H]12. The van der Waals surface area contributed by atoms with Crippen molar-refractivity contribution in [2.75, 3.05) is 19.7 Å². The van der Waals surface area contributed by atoms with Gasteiger partial charge in [0, 0.05) is 18.6 Å². The standard InChI is InChI=1S/C18H23N3O2S/c22-17(19-13-8-10-21-9-4-3-6-15(13)21)11-23-12-18-20-14-5-1-2-7-16(14)24-18/h1-2,5,7,13,15H,3-4,6,8-12H2,(H,19,22)/t13-,15+/m0/s1. The van der Waals surface area contributed by atoms with Gasteiger partial charge in [0.1, 0.15) is 11.6 Å². The number of ether oxygens (including phenoxy) is 1. The minimum atomic E-state index is -0.00599. The van der Waals surface area contributed by atoms with Crippen LogP contribution in [0.25, 0.3) is 10.2 Å². The van der Waals surface area contributed by atoms with Gasteiger partial charge in [-0.2, -0.15) is 0 Å². The Balaban J connectivity index is 1.24. The van der Waals surface area contributed by atoms with Gasteiger partial charge in [-0.1, -0.05) is 18.6 Å². The van der Waals surface area contributed by atoms with Gasteiger partial charge in [-0.3, -0.25) is 9.69 Å². The molecular formula is C18H23N3O2S. The maximum absolute atomic E-state index is 12.2. The topological polar surface area (TPSA) is 54.5 Å². The number of para-hydroxylation sites is 1. The molecule has 0 bridgehead atoms. The maximum Gasteiger partial charge on any atom is 0.246 e. The molecule has 2 aromatic rings. The first kappa shape index (κ1) is 16.0. The van der Waals surface area contributed by atoms with Gasteiger partial charge in [0.05, 0.1) is 16.8 Å². The number of amides is 1. The Bertz CT molecular complexity index is 684. The monoisotopic (exact) mass is 345 g/mol. The summed E-state index contributed by atoms with van der Waals surface area (Å²) in [7, 11) is 0. The number of benzene rings is 1. The van der Waals surface area contributed by atoms with Gasteiger partial charge in [0.2, 0.25) is 5.91 Å². The molecule has 24 heavy (non-hydrogen) atoms. The highest BCUT2D eigenvalue weighted by atomic mass is 32.1. The molecule has 1 aromatic heterocycles. The molecule has 0 unspecified atom stereocenters. The molecule has 2 aliphatic heterocycles. The molecule has 3 heterocycles. The van der Waals surface area contributed by atoms with Crippen molar-refractivity contribution in [1.29, 1.82) is 0 Å². The number of carbonyl (C=O) groups is 1. The zero-order chi connectivity index (χ0) is 16.4. The van der Waals surface area contributed by atoms with E-state index in [1.165, 1.54) is 25.8 Å². The predicted molar refractivity (Wildman–Crippen MR) is 95.0 cm³/mol. The van der Waals surface area contributed by atoms with E-state index in [0.717, 1.165) is 28.2 Å². The highest BCUT2D eigenvalue weighted by Gasteiger charge is 2.36. The van der Waals surface area contributed by atoms with Gasteiger partial charge in [-0.05, 0) is 37.9 Å². The molecule has 2 aliphatic rings. The second-order valence-corrected chi connectivity index (χ2v) is 7.75. The Morgan fingerprint density at radius 1 is 1.29 bits per heavy atom. The number of hydrogen-bond donors (Lipinski definition) is 1. The Morgan fingerprint density at radius 2 is 2.21 bits per heavy atom. The molecule has 0 saturated carbocycles. The van der Waals surface area contributed by atoms with Gasteiger partial charge in [-0.25, -0.2) is 4.98 Å². The van der Waals surface area contributed by atoms with E-state index in [1.54, 1.807) is 11.3 Å². The summed E-state index contributed by atoms with van der Waals surface area (Å²) in [4.78, 5) is 19.2. The molecule has 2 fully saturated rings. The minimum absolute atomic E-state index is 0.00599. The zero-order valence-corrected chi connectivity index (χ0v) is 14.6. The van der Waals surface area contributed by atoms with Crippen LogP contribution in [0.15, 0.2) is 24.3 Å². The lowest BCUT2D eigenvalue weighted by Crippen LogP contribution is -2.47. The summed E-state index contributed by atoms with van der Waals surface area (Å²) >= 11 is 1.62. The quantitative estimate of drug-likeness (QED) is 0.905. The highest BCUT2D eigenvalue weighted by Crippen LogP contribution is 2.27. The summed E-state index contributed by atoms with van der Waals surface area (Å²) in [6.07, 6.45) is 4.84. The molecule has 6 heteroatoms. The summed E-state index contributed by atoms with van der Waals surface area (Å²) < 4.78 is 6.74. The molecule has 1 N–H and O–H groups in total. The number of nitrogens with one attached hydrogen (secondary N) is 1. The van der Waals surface area contributed by atoms with Gasteiger partial charge >= 0.3 is 0 Å². The molecule has 2 saturated heterocycles. The molecule has 0 radical (unpaired) electrons. The molecule has 0 aliphatic carbocycles. The third-order valence-electron chi connectivity index (χ3n) is 5.00. The third-order valence-corrected chi connectivity index (χ3v) is 6.01. The van der Waals surface area contributed by atoms with Crippen LogP contribution in [0.5, 0.6) is 0 Å². The van der Waals surface area contributed by atoms with Crippen LogP contribution < -0.4 is 5.32 Å². The van der Waals surface area contributed by atoms with Crippen LogP contribution in [0, 0.1) is 0 Å². The van der Waals surface area contributed by atoms with Crippen LogP contribution in [0.1, 0.15) is 30.7 Å². The Labute approximate surface area is 146 Å². The van der Waals surface area contributed by atoms with E-state index >= 15 is 0 Å². The lowest BCUT2D eigenvalue weighted by molar-refractivity contribution is -0.127. The normalized spacial score (nSPS) is 24.2. The van der Waals surface area contributed by atoms with E-state index in [1.807, 2.05) is 18.2 Å². The van der Waals surface area contributed by atoms with Crippen molar-refractivity contribution >= 4 is 27.5 Å². The van der Waals surface area contributed by atoms with E-state index < -0.39 is 0 Å². The number of hydrogen-bond acceptors (Lipinski definition) is 5.